The maximum atomic E-state index is 14.9. The zero-order valence-electron chi connectivity index (χ0n) is 17.2. The first-order valence-corrected chi connectivity index (χ1v) is 11.6. The highest BCUT2D eigenvalue weighted by Gasteiger charge is 2.24. The van der Waals surface area contributed by atoms with E-state index in [1.54, 1.807) is 0 Å². The van der Waals surface area contributed by atoms with Gasteiger partial charge in [0, 0.05) is 24.1 Å². The van der Waals surface area contributed by atoms with E-state index < -0.39 is 68.4 Å². The van der Waals surface area contributed by atoms with Crippen LogP contribution in [0.1, 0.15) is 21.5 Å². The van der Waals surface area contributed by atoms with Gasteiger partial charge in [-0.25, -0.2) is 27.3 Å². The summed E-state index contributed by atoms with van der Waals surface area (Å²) >= 11 is 3.07. The molecule has 0 aliphatic carbocycles. The van der Waals surface area contributed by atoms with Gasteiger partial charge in [-0.2, -0.15) is 8.42 Å². The van der Waals surface area contributed by atoms with Gasteiger partial charge in [-0.3, -0.25) is 9.52 Å². The van der Waals surface area contributed by atoms with Gasteiger partial charge in [0.05, 0.1) is 16.9 Å². The number of amides is 1. The minimum atomic E-state index is -4.10. The lowest BCUT2D eigenvalue weighted by molar-refractivity contribution is 0.100. The van der Waals surface area contributed by atoms with Crippen LogP contribution in [0.15, 0.2) is 41.0 Å². The molecular weight excluding hydrogens is 546 g/mol. The first-order chi connectivity index (χ1) is 15.9. The van der Waals surface area contributed by atoms with Crippen molar-refractivity contribution < 1.29 is 30.8 Å². The lowest BCUT2D eigenvalue weighted by atomic mass is 10.00. The van der Waals surface area contributed by atoms with Crippen molar-refractivity contribution in [3.63, 3.8) is 0 Å². The van der Waals surface area contributed by atoms with Crippen molar-refractivity contribution in [1.82, 2.24) is 9.71 Å². The zero-order chi connectivity index (χ0) is 25.2. The highest BCUT2D eigenvalue weighted by molar-refractivity contribution is 9.10. The minimum absolute atomic E-state index is 0.251. The molecule has 0 aliphatic rings. The fourth-order valence-electron chi connectivity index (χ4n) is 2.92. The fourth-order valence-corrected chi connectivity index (χ4v) is 3.76. The minimum Gasteiger partial charge on any atom is -0.366 e. The number of hydrogen-bond donors (Lipinski definition) is 4. The van der Waals surface area contributed by atoms with Gasteiger partial charge in [0.1, 0.15) is 5.82 Å². The summed E-state index contributed by atoms with van der Waals surface area (Å²) in [5.74, 6) is -6.77. The standard InChI is InChI=1S/C20H16BrF4N5O3S/c1-27-34(32,33)30-20-16(24)9(4-5-28-20)6-10-7-12(19(26)31)18(17(25)15(10)23)29-14-3-2-11(21)8-13(14)22/h2-5,7-8,27,29H,6H2,1H3,(H2,26,31)(H,28,30). The topological polar surface area (TPSA) is 126 Å². The summed E-state index contributed by atoms with van der Waals surface area (Å²) in [6, 6.07) is 5.76. The normalized spacial score (nSPS) is 11.4. The molecule has 5 N–H and O–H groups in total. The van der Waals surface area contributed by atoms with Gasteiger partial charge in [0.25, 0.3) is 16.1 Å². The number of benzene rings is 2. The number of aromatic nitrogens is 1. The smallest absolute Gasteiger partial charge is 0.300 e. The number of halogens is 5. The average molecular weight is 562 g/mol. The Balaban J connectivity index is 2.04. The molecule has 0 spiro atoms. The highest BCUT2D eigenvalue weighted by Crippen LogP contribution is 2.32. The molecule has 0 saturated carbocycles. The Bertz CT molecular complexity index is 1390. The second kappa shape index (κ2) is 9.95. The van der Waals surface area contributed by atoms with Gasteiger partial charge in [-0.05, 0) is 41.5 Å². The molecule has 0 unspecified atom stereocenters. The molecule has 0 aliphatic heterocycles. The maximum Gasteiger partial charge on any atom is 0.300 e. The number of hydrogen-bond acceptors (Lipinski definition) is 5. The van der Waals surface area contributed by atoms with Crippen LogP contribution >= 0.6 is 15.9 Å². The summed E-state index contributed by atoms with van der Waals surface area (Å²) < 4.78 is 86.2. The second-order valence-electron chi connectivity index (χ2n) is 6.82. The predicted octanol–water partition coefficient (Wildman–Crippen LogP) is 3.71. The van der Waals surface area contributed by atoms with Crippen LogP contribution in [0.3, 0.4) is 0 Å². The Kier molecular flexibility index (Phi) is 7.43. The summed E-state index contributed by atoms with van der Waals surface area (Å²) in [5, 5.41) is 2.32. The molecule has 8 nitrogen and oxygen atoms in total. The Morgan fingerprint density at radius 1 is 1.06 bits per heavy atom. The number of nitrogens with zero attached hydrogens (tertiary/aromatic N) is 1. The average Bonchev–Trinajstić information content (AvgIpc) is 2.77. The lowest BCUT2D eigenvalue weighted by Gasteiger charge is -2.16. The molecule has 0 radical (unpaired) electrons. The summed E-state index contributed by atoms with van der Waals surface area (Å²) in [4.78, 5) is 15.5. The van der Waals surface area contributed by atoms with Gasteiger partial charge >= 0.3 is 0 Å². The van der Waals surface area contributed by atoms with Crippen LogP contribution in [0.5, 0.6) is 0 Å². The van der Waals surface area contributed by atoms with Gasteiger partial charge in [0.15, 0.2) is 23.3 Å². The van der Waals surface area contributed by atoms with Crippen LogP contribution in [-0.2, 0) is 16.6 Å². The van der Waals surface area contributed by atoms with Crippen molar-refractivity contribution in [2.45, 2.75) is 6.42 Å². The van der Waals surface area contributed by atoms with Gasteiger partial charge in [-0.1, -0.05) is 15.9 Å². The third-order valence-electron chi connectivity index (χ3n) is 4.59. The zero-order valence-corrected chi connectivity index (χ0v) is 19.6. The molecule has 34 heavy (non-hydrogen) atoms. The number of anilines is 3. The van der Waals surface area contributed by atoms with Gasteiger partial charge in [-0.15, -0.1) is 0 Å². The van der Waals surface area contributed by atoms with Crippen molar-refractivity contribution in [3.8, 4) is 0 Å². The number of carbonyl (C=O) groups excluding carboxylic acids is 1. The van der Waals surface area contributed by atoms with E-state index in [0.717, 1.165) is 31.4 Å². The van der Waals surface area contributed by atoms with E-state index in [1.165, 1.54) is 12.1 Å². The first kappa shape index (κ1) is 25.4. The number of rotatable bonds is 8. The van der Waals surface area contributed by atoms with E-state index in [9.17, 15) is 30.8 Å². The molecule has 1 amide bonds. The van der Waals surface area contributed by atoms with E-state index in [4.69, 9.17) is 5.73 Å². The molecule has 3 aromatic rings. The van der Waals surface area contributed by atoms with Crippen LogP contribution in [0.2, 0.25) is 0 Å². The second-order valence-corrected chi connectivity index (χ2v) is 9.35. The molecule has 1 heterocycles. The largest absolute Gasteiger partial charge is 0.366 e. The molecule has 0 atom stereocenters. The monoisotopic (exact) mass is 561 g/mol. The van der Waals surface area contributed by atoms with Crippen molar-refractivity contribution in [2.24, 2.45) is 5.73 Å². The summed E-state index contributed by atoms with van der Waals surface area (Å²) in [6.45, 7) is 0. The van der Waals surface area contributed by atoms with Crippen LogP contribution in [-0.4, -0.2) is 26.4 Å². The molecular formula is C20H16BrF4N5O3S. The molecule has 3 rings (SSSR count). The van der Waals surface area contributed by atoms with Crippen LogP contribution < -0.4 is 20.5 Å². The third-order valence-corrected chi connectivity index (χ3v) is 6.08. The Morgan fingerprint density at radius 3 is 2.38 bits per heavy atom. The molecule has 0 saturated heterocycles. The summed E-state index contributed by atoms with van der Waals surface area (Å²) in [6.07, 6.45) is 0.472. The fraction of sp³-hybridized carbons (Fsp3) is 0.100. The number of nitrogens with one attached hydrogen (secondary N) is 3. The van der Waals surface area contributed by atoms with Crippen molar-refractivity contribution >= 4 is 49.2 Å². The van der Waals surface area contributed by atoms with Crippen LogP contribution in [0, 0.1) is 23.3 Å². The van der Waals surface area contributed by atoms with E-state index in [-0.39, 0.29) is 11.3 Å². The van der Waals surface area contributed by atoms with E-state index in [0.29, 0.717) is 4.47 Å². The predicted molar refractivity (Wildman–Crippen MR) is 121 cm³/mol. The molecule has 0 fully saturated rings. The van der Waals surface area contributed by atoms with Gasteiger partial charge < -0.3 is 11.1 Å². The van der Waals surface area contributed by atoms with Crippen molar-refractivity contribution in [2.75, 3.05) is 17.1 Å². The quantitative estimate of drug-likeness (QED) is 0.312. The number of pyridine rings is 1. The SMILES string of the molecule is CNS(=O)(=O)Nc1nccc(Cc2cc(C(N)=O)c(Nc3ccc(Br)cc3F)c(F)c2F)c1F. The van der Waals surface area contributed by atoms with E-state index >= 15 is 0 Å². The summed E-state index contributed by atoms with van der Waals surface area (Å²) in [7, 11) is -3.01. The van der Waals surface area contributed by atoms with Crippen molar-refractivity contribution in [3.05, 3.63) is 81.0 Å². The Hall–Kier alpha value is -3.23. The van der Waals surface area contributed by atoms with E-state index in [1.807, 2.05) is 9.44 Å². The maximum absolute atomic E-state index is 14.9. The number of nitrogens with two attached hydrogens (primary N) is 1. The first-order valence-electron chi connectivity index (χ1n) is 9.31. The summed E-state index contributed by atoms with van der Waals surface area (Å²) in [5.41, 5.74) is 3.14. The highest BCUT2D eigenvalue weighted by atomic mass is 79.9. The Labute approximate surface area is 199 Å². The molecule has 14 heteroatoms. The Morgan fingerprint density at radius 2 is 1.76 bits per heavy atom. The number of primary amides is 1. The van der Waals surface area contributed by atoms with E-state index in [2.05, 4.69) is 26.2 Å². The molecule has 0 bridgehead atoms. The molecule has 1 aromatic heterocycles. The lowest BCUT2D eigenvalue weighted by Crippen LogP contribution is -2.27. The molecule has 2 aromatic carbocycles. The molecule has 180 valence electrons. The third kappa shape index (κ3) is 5.46. The van der Waals surface area contributed by atoms with Gasteiger partial charge in [0.2, 0.25) is 0 Å². The number of carbonyl (C=O) groups is 1. The van der Waals surface area contributed by atoms with Crippen molar-refractivity contribution in [1.29, 1.82) is 0 Å². The van der Waals surface area contributed by atoms with Crippen LogP contribution in [0.25, 0.3) is 0 Å². The van der Waals surface area contributed by atoms with Crippen LogP contribution in [0.4, 0.5) is 34.8 Å².